The summed E-state index contributed by atoms with van der Waals surface area (Å²) >= 11 is 0. The number of esters is 1. The first-order chi connectivity index (χ1) is 6.70. The summed E-state index contributed by atoms with van der Waals surface area (Å²) in [5, 5.41) is 0. The van der Waals surface area contributed by atoms with E-state index in [1.807, 2.05) is 0 Å². The van der Waals surface area contributed by atoms with Crippen molar-refractivity contribution in [1.29, 1.82) is 0 Å². The van der Waals surface area contributed by atoms with E-state index in [0.29, 0.717) is 6.61 Å². The lowest BCUT2D eigenvalue weighted by Gasteiger charge is -2.21. The Morgan fingerprint density at radius 3 is 2.64 bits per heavy atom. The van der Waals surface area contributed by atoms with Crippen LogP contribution in [0.15, 0.2) is 0 Å². The van der Waals surface area contributed by atoms with E-state index in [1.54, 1.807) is 6.92 Å². The molecule has 82 valence electrons. The molecule has 1 aliphatic rings. The number of carbonyl (C=O) groups is 1. The van der Waals surface area contributed by atoms with Crippen LogP contribution in [0.25, 0.3) is 0 Å². The van der Waals surface area contributed by atoms with E-state index in [4.69, 9.17) is 10.5 Å². The molecule has 3 heteroatoms. The summed E-state index contributed by atoms with van der Waals surface area (Å²) < 4.78 is 5.04. The molecule has 1 unspecified atom stereocenters. The van der Waals surface area contributed by atoms with Crippen LogP contribution in [-0.4, -0.2) is 18.6 Å². The molecule has 0 aromatic heterocycles. The molecule has 3 nitrogen and oxygen atoms in total. The number of ether oxygens (including phenoxy) is 1. The molecule has 0 saturated heterocycles. The van der Waals surface area contributed by atoms with Gasteiger partial charge in [-0.3, -0.25) is 4.79 Å². The summed E-state index contributed by atoms with van der Waals surface area (Å²) in [6, 6.07) is -0.485. The Balaban J connectivity index is 2.05. The van der Waals surface area contributed by atoms with Gasteiger partial charge >= 0.3 is 5.97 Å². The summed E-state index contributed by atoms with van der Waals surface area (Å²) in [5.74, 6) is 0.491. The molecule has 0 aromatic carbocycles. The maximum absolute atomic E-state index is 11.0. The van der Waals surface area contributed by atoms with Crippen molar-refractivity contribution in [3.05, 3.63) is 0 Å². The Morgan fingerprint density at radius 2 is 2.07 bits per heavy atom. The van der Waals surface area contributed by atoms with Gasteiger partial charge < -0.3 is 10.5 Å². The third-order valence-corrected chi connectivity index (χ3v) is 2.87. The molecule has 1 atom stereocenters. The highest BCUT2D eigenvalue weighted by molar-refractivity contribution is 5.74. The molecule has 0 amide bonds. The Kier molecular flexibility index (Phi) is 4.94. The molecule has 0 spiro atoms. The van der Waals surface area contributed by atoms with Crippen molar-refractivity contribution in [3.8, 4) is 0 Å². The van der Waals surface area contributed by atoms with Crippen LogP contribution in [0.4, 0.5) is 0 Å². The number of nitrogens with two attached hydrogens (primary N) is 1. The van der Waals surface area contributed by atoms with E-state index < -0.39 is 6.04 Å². The van der Waals surface area contributed by atoms with E-state index in [-0.39, 0.29) is 5.97 Å². The standard InChI is InChI=1S/C11H21NO2/c1-9(12)11(13)14-8-7-10-5-3-2-4-6-10/h9-10H,2-8,12H2,1H3. The maximum atomic E-state index is 11.0. The minimum absolute atomic E-state index is 0.277. The van der Waals surface area contributed by atoms with Crippen molar-refractivity contribution in [3.63, 3.8) is 0 Å². The van der Waals surface area contributed by atoms with Gasteiger partial charge in [0, 0.05) is 0 Å². The van der Waals surface area contributed by atoms with Crippen molar-refractivity contribution < 1.29 is 9.53 Å². The van der Waals surface area contributed by atoms with Crippen LogP contribution in [0.2, 0.25) is 0 Å². The van der Waals surface area contributed by atoms with Gasteiger partial charge in [0.1, 0.15) is 6.04 Å². The average Bonchev–Trinajstić information content (AvgIpc) is 2.19. The Labute approximate surface area is 86.0 Å². The topological polar surface area (TPSA) is 52.3 Å². The van der Waals surface area contributed by atoms with Crippen LogP contribution in [0, 0.1) is 5.92 Å². The summed E-state index contributed by atoms with van der Waals surface area (Å²) in [5.41, 5.74) is 5.38. The number of hydrogen-bond acceptors (Lipinski definition) is 3. The fourth-order valence-electron chi connectivity index (χ4n) is 1.93. The van der Waals surface area contributed by atoms with Crippen molar-refractivity contribution in [2.75, 3.05) is 6.61 Å². The molecule has 1 aliphatic carbocycles. The molecule has 0 aromatic rings. The van der Waals surface area contributed by atoms with E-state index in [9.17, 15) is 4.79 Å². The van der Waals surface area contributed by atoms with Gasteiger partial charge in [0.05, 0.1) is 6.61 Å². The molecule has 0 aliphatic heterocycles. The maximum Gasteiger partial charge on any atom is 0.322 e. The second-order valence-electron chi connectivity index (χ2n) is 4.25. The molecule has 0 bridgehead atoms. The van der Waals surface area contributed by atoms with Crippen molar-refractivity contribution in [1.82, 2.24) is 0 Å². The van der Waals surface area contributed by atoms with E-state index in [2.05, 4.69) is 0 Å². The lowest BCUT2D eigenvalue weighted by molar-refractivity contribution is -0.145. The van der Waals surface area contributed by atoms with Crippen LogP contribution in [0.5, 0.6) is 0 Å². The predicted octanol–water partition coefficient (Wildman–Crippen LogP) is 1.85. The largest absolute Gasteiger partial charge is 0.465 e. The number of hydrogen-bond donors (Lipinski definition) is 1. The number of carbonyl (C=O) groups excluding carboxylic acids is 1. The normalized spacial score (nSPS) is 20.4. The summed E-state index contributed by atoms with van der Waals surface area (Å²) in [6.45, 7) is 2.20. The molecule has 1 fully saturated rings. The molecular weight excluding hydrogens is 178 g/mol. The van der Waals surface area contributed by atoms with Gasteiger partial charge in [-0.05, 0) is 19.3 Å². The van der Waals surface area contributed by atoms with Crippen molar-refractivity contribution in [2.24, 2.45) is 11.7 Å². The lowest BCUT2D eigenvalue weighted by atomic mass is 9.87. The summed E-state index contributed by atoms with van der Waals surface area (Å²) in [4.78, 5) is 11.0. The zero-order valence-electron chi connectivity index (χ0n) is 9.00. The smallest absolute Gasteiger partial charge is 0.322 e. The first-order valence-corrected chi connectivity index (χ1v) is 5.62. The predicted molar refractivity (Wildman–Crippen MR) is 55.8 cm³/mol. The molecule has 14 heavy (non-hydrogen) atoms. The van der Waals surface area contributed by atoms with Crippen molar-refractivity contribution in [2.45, 2.75) is 51.5 Å². The lowest BCUT2D eigenvalue weighted by Crippen LogP contribution is -2.29. The SMILES string of the molecule is CC(N)C(=O)OCCC1CCCCC1. The Bertz CT molecular complexity index is 174. The second-order valence-corrected chi connectivity index (χ2v) is 4.25. The Morgan fingerprint density at radius 1 is 1.43 bits per heavy atom. The molecule has 1 rings (SSSR count). The van der Waals surface area contributed by atoms with Gasteiger partial charge in [-0.1, -0.05) is 32.1 Å². The van der Waals surface area contributed by atoms with E-state index in [0.717, 1.165) is 12.3 Å². The second kappa shape index (κ2) is 6.02. The van der Waals surface area contributed by atoms with E-state index in [1.165, 1.54) is 32.1 Å². The van der Waals surface area contributed by atoms with Gasteiger partial charge in [0.15, 0.2) is 0 Å². The van der Waals surface area contributed by atoms with Gasteiger partial charge in [0.2, 0.25) is 0 Å². The third-order valence-electron chi connectivity index (χ3n) is 2.87. The van der Waals surface area contributed by atoms with Gasteiger partial charge in [-0.25, -0.2) is 0 Å². The first kappa shape index (κ1) is 11.5. The fourth-order valence-corrected chi connectivity index (χ4v) is 1.93. The zero-order chi connectivity index (χ0) is 10.4. The summed E-state index contributed by atoms with van der Waals surface area (Å²) in [7, 11) is 0. The first-order valence-electron chi connectivity index (χ1n) is 5.62. The minimum Gasteiger partial charge on any atom is -0.465 e. The molecule has 1 saturated carbocycles. The van der Waals surface area contributed by atoms with Crippen LogP contribution in [0.3, 0.4) is 0 Å². The highest BCUT2D eigenvalue weighted by atomic mass is 16.5. The van der Waals surface area contributed by atoms with E-state index >= 15 is 0 Å². The minimum atomic E-state index is -0.485. The van der Waals surface area contributed by atoms with Gasteiger partial charge in [-0.15, -0.1) is 0 Å². The average molecular weight is 199 g/mol. The van der Waals surface area contributed by atoms with Crippen LogP contribution in [-0.2, 0) is 9.53 Å². The Hall–Kier alpha value is -0.570. The molecule has 0 heterocycles. The van der Waals surface area contributed by atoms with Crippen molar-refractivity contribution >= 4 is 5.97 Å². The monoisotopic (exact) mass is 199 g/mol. The van der Waals surface area contributed by atoms with Gasteiger partial charge in [0.25, 0.3) is 0 Å². The molecule has 0 radical (unpaired) electrons. The quantitative estimate of drug-likeness (QED) is 0.703. The molecule has 2 N–H and O–H groups in total. The molecular formula is C11H21NO2. The van der Waals surface area contributed by atoms with Crippen LogP contribution >= 0.6 is 0 Å². The fraction of sp³-hybridized carbons (Fsp3) is 0.909. The summed E-state index contributed by atoms with van der Waals surface area (Å²) in [6.07, 6.45) is 7.66. The third kappa shape index (κ3) is 4.09. The number of rotatable bonds is 4. The van der Waals surface area contributed by atoms with Gasteiger partial charge in [-0.2, -0.15) is 0 Å². The van der Waals surface area contributed by atoms with Crippen LogP contribution in [0.1, 0.15) is 45.4 Å². The zero-order valence-corrected chi connectivity index (χ0v) is 9.00. The highest BCUT2D eigenvalue weighted by Crippen LogP contribution is 2.25. The van der Waals surface area contributed by atoms with Crippen LogP contribution < -0.4 is 5.73 Å². The highest BCUT2D eigenvalue weighted by Gasteiger charge is 2.14.